The van der Waals surface area contributed by atoms with Crippen LogP contribution in [-0.4, -0.2) is 17.9 Å². The third kappa shape index (κ3) is 4.38. The lowest BCUT2D eigenvalue weighted by Crippen LogP contribution is -2.47. The molecule has 1 atom stereocenters. The van der Waals surface area contributed by atoms with Gasteiger partial charge in [-0.1, -0.05) is 32.0 Å². The Hall–Kier alpha value is -2.76. The number of carbonyl (C=O) groups excluding carboxylic acids is 2. The van der Waals surface area contributed by atoms with Crippen LogP contribution < -0.4 is 10.6 Å². The van der Waals surface area contributed by atoms with Crippen LogP contribution in [0.4, 0.5) is 14.5 Å². The summed E-state index contributed by atoms with van der Waals surface area (Å²) in [5.74, 6) is -2.57. The number of hydrogen-bond donors (Lipinski definition) is 2. The standard InChI is InChI=1S/C18H18F2N2O2/c1-11(2)16(18(24)21-13-7-5-6-12(19)10-13)22-17(23)14-8-3-4-9-15(14)20/h3-11,16H,1-2H3,(H,21,24)(H,22,23)/t16-/m0/s1. The second-order valence-corrected chi connectivity index (χ2v) is 5.67. The number of anilines is 1. The second kappa shape index (κ2) is 7.68. The molecule has 0 saturated heterocycles. The zero-order valence-electron chi connectivity index (χ0n) is 13.3. The van der Waals surface area contributed by atoms with E-state index in [1.165, 1.54) is 48.5 Å². The van der Waals surface area contributed by atoms with Crippen LogP contribution in [0.25, 0.3) is 0 Å². The van der Waals surface area contributed by atoms with Crippen LogP contribution >= 0.6 is 0 Å². The van der Waals surface area contributed by atoms with Crippen molar-refractivity contribution in [3.63, 3.8) is 0 Å². The molecule has 0 spiro atoms. The summed E-state index contributed by atoms with van der Waals surface area (Å²) in [4.78, 5) is 24.6. The Morgan fingerprint density at radius 1 is 1.00 bits per heavy atom. The Kier molecular flexibility index (Phi) is 5.63. The van der Waals surface area contributed by atoms with Gasteiger partial charge in [-0.2, -0.15) is 0 Å². The predicted octanol–water partition coefficient (Wildman–Crippen LogP) is 3.36. The molecular formula is C18H18F2N2O2. The maximum atomic E-state index is 13.7. The van der Waals surface area contributed by atoms with E-state index in [9.17, 15) is 18.4 Å². The van der Waals surface area contributed by atoms with E-state index in [4.69, 9.17) is 0 Å². The number of hydrogen-bond acceptors (Lipinski definition) is 2. The molecule has 126 valence electrons. The van der Waals surface area contributed by atoms with E-state index in [0.29, 0.717) is 0 Å². The molecule has 0 bridgehead atoms. The Balaban J connectivity index is 2.13. The average Bonchev–Trinajstić information content (AvgIpc) is 2.52. The van der Waals surface area contributed by atoms with Crippen molar-refractivity contribution in [1.82, 2.24) is 5.32 Å². The molecule has 24 heavy (non-hydrogen) atoms. The Morgan fingerprint density at radius 3 is 2.33 bits per heavy atom. The summed E-state index contributed by atoms with van der Waals surface area (Å²) >= 11 is 0. The van der Waals surface area contributed by atoms with Gasteiger partial charge in [0.25, 0.3) is 5.91 Å². The molecule has 0 aliphatic rings. The molecule has 0 aliphatic heterocycles. The first-order chi connectivity index (χ1) is 11.4. The molecule has 0 aromatic heterocycles. The highest BCUT2D eigenvalue weighted by Gasteiger charge is 2.25. The summed E-state index contributed by atoms with van der Waals surface area (Å²) in [5.41, 5.74) is 0.146. The van der Waals surface area contributed by atoms with E-state index >= 15 is 0 Å². The molecule has 0 heterocycles. The van der Waals surface area contributed by atoms with Gasteiger partial charge in [0.2, 0.25) is 5.91 Å². The average molecular weight is 332 g/mol. The van der Waals surface area contributed by atoms with Crippen molar-refractivity contribution in [2.75, 3.05) is 5.32 Å². The SMILES string of the molecule is CC(C)[C@H](NC(=O)c1ccccc1F)C(=O)Nc1cccc(F)c1. The smallest absolute Gasteiger partial charge is 0.254 e. The summed E-state index contributed by atoms with van der Waals surface area (Å²) in [6, 6.07) is 10.1. The van der Waals surface area contributed by atoms with Crippen molar-refractivity contribution >= 4 is 17.5 Å². The van der Waals surface area contributed by atoms with E-state index in [1.807, 2.05) is 0 Å². The normalized spacial score (nSPS) is 11.9. The molecular weight excluding hydrogens is 314 g/mol. The molecule has 0 radical (unpaired) electrons. The molecule has 6 heteroatoms. The van der Waals surface area contributed by atoms with Gasteiger partial charge in [-0.25, -0.2) is 8.78 Å². The highest BCUT2D eigenvalue weighted by Crippen LogP contribution is 2.13. The molecule has 0 saturated carbocycles. The van der Waals surface area contributed by atoms with Gasteiger partial charge in [0.15, 0.2) is 0 Å². The molecule has 0 aliphatic carbocycles. The van der Waals surface area contributed by atoms with Crippen LogP contribution in [0.15, 0.2) is 48.5 Å². The quantitative estimate of drug-likeness (QED) is 0.882. The van der Waals surface area contributed by atoms with E-state index in [1.54, 1.807) is 13.8 Å². The van der Waals surface area contributed by atoms with E-state index in [-0.39, 0.29) is 17.2 Å². The minimum atomic E-state index is -0.889. The summed E-state index contributed by atoms with van der Waals surface area (Å²) in [6.07, 6.45) is 0. The zero-order valence-corrected chi connectivity index (χ0v) is 13.3. The van der Waals surface area contributed by atoms with Crippen LogP contribution in [0.2, 0.25) is 0 Å². The highest BCUT2D eigenvalue weighted by molar-refractivity contribution is 6.01. The van der Waals surface area contributed by atoms with Crippen molar-refractivity contribution in [2.45, 2.75) is 19.9 Å². The number of rotatable bonds is 5. The predicted molar refractivity (Wildman–Crippen MR) is 87.5 cm³/mol. The van der Waals surface area contributed by atoms with Crippen LogP contribution in [0.5, 0.6) is 0 Å². The molecule has 0 unspecified atom stereocenters. The molecule has 2 rings (SSSR count). The van der Waals surface area contributed by atoms with Crippen LogP contribution in [0.3, 0.4) is 0 Å². The molecule has 4 nitrogen and oxygen atoms in total. The third-order valence-electron chi connectivity index (χ3n) is 3.45. The Labute approximate surface area is 138 Å². The fourth-order valence-corrected chi connectivity index (χ4v) is 2.19. The van der Waals surface area contributed by atoms with Crippen LogP contribution in [0, 0.1) is 17.6 Å². The van der Waals surface area contributed by atoms with Gasteiger partial charge >= 0.3 is 0 Å². The lowest BCUT2D eigenvalue weighted by molar-refractivity contribution is -0.118. The van der Waals surface area contributed by atoms with Crippen molar-refractivity contribution in [2.24, 2.45) is 5.92 Å². The minimum absolute atomic E-state index is 0.137. The first kappa shape index (κ1) is 17.6. The maximum Gasteiger partial charge on any atom is 0.254 e. The summed E-state index contributed by atoms with van der Waals surface area (Å²) in [5, 5.41) is 5.07. The minimum Gasteiger partial charge on any atom is -0.340 e. The lowest BCUT2D eigenvalue weighted by atomic mass is 10.0. The summed E-state index contributed by atoms with van der Waals surface area (Å²) in [6.45, 7) is 3.49. The van der Waals surface area contributed by atoms with Gasteiger partial charge in [-0.15, -0.1) is 0 Å². The van der Waals surface area contributed by atoms with Crippen LogP contribution in [0.1, 0.15) is 24.2 Å². The number of amides is 2. The second-order valence-electron chi connectivity index (χ2n) is 5.67. The molecule has 0 fully saturated rings. The van der Waals surface area contributed by atoms with Crippen molar-refractivity contribution < 1.29 is 18.4 Å². The molecule has 2 amide bonds. The summed E-state index contributed by atoms with van der Waals surface area (Å²) in [7, 11) is 0. The van der Waals surface area contributed by atoms with E-state index in [2.05, 4.69) is 10.6 Å². The highest BCUT2D eigenvalue weighted by atomic mass is 19.1. The van der Waals surface area contributed by atoms with Gasteiger partial charge in [0, 0.05) is 5.69 Å². The Morgan fingerprint density at radius 2 is 1.71 bits per heavy atom. The first-order valence-corrected chi connectivity index (χ1v) is 7.50. The largest absolute Gasteiger partial charge is 0.340 e. The molecule has 2 N–H and O–H groups in total. The van der Waals surface area contributed by atoms with Gasteiger partial charge in [0.05, 0.1) is 5.56 Å². The monoisotopic (exact) mass is 332 g/mol. The van der Waals surface area contributed by atoms with Crippen molar-refractivity contribution in [3.8, 4) is 0 Å². The van der Waals surface area contributed by atoms with Crippen molar-refractivity contribution in [1.29, 1.82) is 0 Å². The number of benzene rings is 2. The Bertz CT molecular complexity index is 747. The molecule has 2 aromatic rings. The lowest BCUT2D eigenvalue weighted by Gasteiger charge is -2.22. The zero-order chi connectivity index (χ0) is 17.7. The molecule has 2 aromatic carbocycles. The fraction of sp³-hybridized carbons (Fsp3) is 0.222. The van der Waals surface area contributed by atoms with Gasteiger partial charge < -0.3 is 10.6 Å². The van der Waals surface area contributed by atoms with Gasteiger partial charge in [-0.05, 0) is 36.2 Å². The van der Waals surface area contributed by atoms with E-state index < -0.39 is 29.5 Å². The van der Waals surface area contributed by atoms with Crippen molar-refractivity contribution in [3.05, 3.63) is 65.7 Å². The van der Waals surface area contributed by atoms with E-state index in [0.717, 1.165) is 0 Å². The topological polar surface area (TPSA) is 58.2 Å². The number of nitrogens with one attached hydrogen (secondary N) is 2. The first-order valence-electron chi connectivity index (χ1n) is 7.50. The fourth-order valence-electron chi connectivity index (χ4n) is 2.19. The van der Waals surface area contributed by atoms with Gasteiger partial charge in [-0.3, -0.25) is 9.59 Å². The van der Waals surface area contributed by atoms with Crippen LogP contribution in [-0.2, 0) is 4.79 Å². The summed E-state index contributed by atoms with van der Waals surface area (Å²) < 4.78 is 26.9. The number of carbonyl (C=O) groups is 2. The maximum absolute atomic E-state index is 13.7. The third-order valence-corrected chi connectivity index (χ3v) is 3.45. The van der Waals surface area contributed by atoms with Gasteiger partial charge in [0.1, 0.15) is 17.7 Å². The number of halogens is 2.